The lowest BCUT2D eigenvalue weighted by Gasteiger charge is -2.06. The molecule has 4 rings (SSSR count). The van der Waals surface area contributed by atoms with Crippen molar-refractivity contribution in [2.45, 2.75) is 0 Å². The largest absolute Gasteiger partial charge is 0.322 e. The average molecular weight is 338 g/mol. The molecule has 26 heavy (non-hydrogen) atoms. The van der Waals surface area contributed by atoms with Crippen molar-refractivity contribution in [2.24, 2.45) is 0 Å². The SMILES string of the molecule is N#Cc1ccc(C(=O)Nc2ccc(-c3cn4ccccc4n3)cc2)cc1. The van der Waals surface area contributed by atoms with Gasteiger partial charge >= 0.3 is 0 Å². The molecule has 0 aliphatic rings. The fourth-order valence-corrected chi connectivity index (χ4v) is 2.70. The van der Waals surface area contributed by atoms with Crippen molar-refractivity contribution < 1.29 is 4.79 Å². The maximum atomic E-state index is 12.3. The van der Waals surface area contributed by atoms with E-state index in [4.69, 9.17) is 5.26 Å². The van der Waals surface area contributed by atoms with E-state index in [1.54, 1.807) is 24.3 Å². The molecule has 0 aliphatic heterocycles. The van der Waals surface area contributed by atoms with Gasteiger partial charge in [-0.05, 0) is 48.5 Å². The third-order valence-electron chi connectivity index (χ3n) is 4.08. The number of hydrogen-bond acceptors (Lipinski definition) is 3. The van der Waals surface area contributed by atoms with E-state index >= 15 is 0 Å². The lowest BCUT2D eigenvalue weighted by molar-refractivity contribution is 0.102. The lowest BCUT2D eigenvalue weighted by atomic mass is 10.1. The average Bonchev–Trinajstić information content (AvgIpc) is 3.13. The first-order chi connectivity index (χ1) is 12.7. The molecule has 5 heteroatoms. The van der Waals surface area contributed by atoms with Crippen LogP contribution in [0.1, 0.15) is 15.9 Å². The Bertz CT molecular complexity index is 1090. The summed E-state index contributed by atoms with van der Waals surface area (Å²) in [5.74, 6) is -0.213. The Morgan fingerprint density at radius 3 is 2.46 bits per heavy atom. The molecule has 0 spiro atoms. The number of carbonyl (C=O) groups is 1. The van der Waals surface area contributed by atoms with E-state index < -0.39 is 0 Å². The number of anilines is 1. The molecule has 0 atom stereocenters. The molecule has 0 unspecified atom stereocenters. The summed E-state index contributed by atoms with van der Waals surface area (Å²) in [5.41, 5.74) is 4.48. The summed E-state index contributed by atoms with van der Waals surface area (Å²) >= 11 is 0. The van der Waals surface area contributed by atoms with E-state index in [9.17, 15) is 4.79 Å². The molecule has 2 heterocycles. The van der Waals surface area contributed by atoms with Crippen molar-refractivity contribution in [1.82, 2.24) is 9.38 Å². The summed E-state index contributed by atoms with van der Waals surface area (Å²) in [5, 5.41) is 11.7. The standard InChI is InChI=1S/C21H14N4O/c22-13-15-4-6-17(7-5-15)21(26)23-18-10-8-16(9-11-18)19-14-25-12-2-1-3-20(25)24-19/h1-12,14H,(H,23,26). The van der Waals surface area contributed by atoms with Gasteiger partial charge in [0.05, 0.1) is 17.3 Å². The van der Waals surface area contributed by atoms with Crippen LogP contribution in [0.5, 0.6) is 0 Å². The van der Waals surface area contributed by atoms with Crippen molar-refractivity contribution >= 4 is 17.2 Å². The summed E-state index contributed by atoms with van der Waals surface area (Å²) in [7, 11) is 0. The van der Waals surface area contributed by atoms with Crippen LogP contribution in [-0.2, 0) is 0 Å². The molecule has 1 N–H and O–H groups in total. The fourth-order valence-electron chi connectivity index (χ4n) is 2.70. The second-order valence-electron chi connectivity index (χ2n) is 5.81. The van der Waals surface area contributed by atoms with Crippen molar-refractivity contribution in [1.29, 1.82) is 5.26 Å². The van der Waals surface area contributed by atoms with Gasteiger partial charge in [-0.3, -0.25) is 4.79 Å². The summed E-state index contributed by atoms with van der Waals surface area (Å²) < 4.78 is 1.97. The maximum Gasteiger partial charge on any atom is 0.255 e. The van der Waals surface area contributed by atoms with E-state index in [1.165, 1.54) is 0 Å². The topological polar surface area (TPSA) is 70.2 Å². The number of imidazole rings is 1. The molecule has 0 saturated carbocycles. The van der Waals surface area contributed by atoms with Crippen molar-refractivity contribution in [3.8, 4) is 17.3 Å². The number of hydrogen-bond donors (Lipinski definition) is 1. The summed E-state index contributed by atoms with van der Waals surface area (Å²) in [6, 6.07) is 22.0. The van der Waals surface area contributed by atoms with E-state index in [2.05, 4.69) is 10.3 Å². The monoisotopic (exact) mass is 338 g/mol. The minimum absolute atomic E-state index is 0.213. The van der Waals surface area contributed by atoms with Gasteiger partial charge in [0.15, 0.2) is 0 Å². The number of benzene rings is 2. The van der Waals surface area contributed by atoms with Crippen molar-refractivity contribution in [3.05, 3.63) is 90.3 Å². The predicted octanol–water partition coefficient (Wildman–Crippen LogP) is 4.13. The summed E-state index contributed by atoms with van der Waals surface area (Å²) in [6.45, 7) is 0. The van der Waals surface area contributed by atoms with Gasteiger partial charge in [-0.25, -0.2) is 4.98 Å². The third kappa shape index (κ3) is 3.04. The number of nitrogens with zero attached hydrogens (tertiary/aromatic N) is 3. The zero-order valence-corrected chi connectivity index (χ0v) is 13.8. The Morgan fingerprint density at radius 1 is 1.00 bits per heavy atom. The second kappa shape index (κ2) is 6.54. The molecule has 0 aliphatic carbocycles. The molecule has 0 bridgehead atoms. The molecule has 0 radical (unpaired) electrons. The molecular formula is C21H14N4O. The minimum atomic E-state index is -0.213. The first-order valence-corrected chi connectivity index (χ1v) is 8.09. The highest BCUT2D eigenvalue weighted by molar-refractivity contribution is 6.04. The molecule has 5 nitrogen and oxygen atoms in total. The highest BCUT2D eigenvalue weighted by atomic mass is 16.1. The van der Waals surface area contributed by atoms with Crippen molar-refractivity contribution in [2.75, 3.05) is 5.32 Å². The van der Waals surface area contributed by atoms with Gasteiger partial charge in [0, 0.05) is 29.2 Å². The molecule has 4 aromatic rings. The van der Waals surface area contributed by atoms with E-state index in [-0.39, 0.29) is 5.91 Å². The van der Waals surface area contributed by atoms with E-state index in [0.717, 1.165) is 16.9 Å². The molecule has 1 amide bonds. The van der Waals surface area contributed by atoms with Gasteiger partial charge in [0.1, 0.15) is 5.65 Å². The van der Waals surface area contributed by atoms with Crippen LogP contribution in [0.2, 0.25) is 0 Å². The molecule has 2 aromatic carbocycles. The van der Waals surface area contributed by atoms with Crippen LogP contribution in [0.25, 0.3) is 16.9 Å². The quantitative estimate of drug-likeness (QED) is 0.611. The van der Waals surface area contributed by atoms with Crippen LogP contribution in [0, 0.1) is 11.3 Å². The summed E-state index contributed by atoms with van der Waals surface area (Å²) in [6.07, 6.45) is 3.93. The number of fused-ring (bicyclic) bond motifs is 1. The Balaban J connectivity index is 1.52. The minimum Gasteiger partial charge on any atom is -0.322 e. The number of rotatable bonds is 3. The van der Waals surface area contributed by atoms with Crippen LogP contribution in [0.15, 0.2) is 79.1 Å². The van der Waals surface area contributed by atoms with Gasteiger partial charge in [0.2, 0.25) is 0 Å². The predicted molar refractivity (Wildman–Crippen MR) is 99.7 cm³/mol. The second-order valence-corrected chi connectivity index (χ2v) is 5.81. The number of amides is 1. The number of pyridine rings is 1. The number of aromatic nitrogens is 2. The molecule has 0 saturated heterocycles. The van der Waals surface area contributed by atoms with Crippen LogP contribution < -0.4 is 5.32 Å². The molecular weight excluding hydrogens is 324 g/mol. The molecule has 0 fully saturated rings. The van der Waals surface area contributed by atoms with Gasteiger partial charge in [-0.15, -0.1) is 0 Å². The smallest absolute Gasteiger partial charge is 0.255 e. The van der Waals surface area contributed by atoms with Crippen LogP contribution in [-0.4, -0.2) is 15.3 Å². The van der Waals surface area contributed by atoms with Crippen LogP contribution in [0.4, 0.5) is 5.69 Å². The first-order valence-electron chi connectivity index (χ1n) is 8.09. The fraction of sp³-hybridized carbons (Fsp3) is 0. The van der Waals surface area contributed by atoms with Gasteiger partial charge in [-0.2, -0.15) is 5.26 Å². The Kier molecular flexibility index (Phi) is 3.92. The highest BCUT2D eigenvalue weighted by Gasteiger charge is 2.07. The number of carbonyl (C=O) groups excluding carboxylic acids is 1. The Morgan fingerprint density at radius 2 is 1.77 bits per heavy atom. The van der Waals surface area contributed by atoms with Gasteiger partial charge in [0.25, 0.3) is 5.91 Å². The zero-order chi connectivity index (χ0) is 17.9. The van der Waals surface area contributed by atoms with E-state index in [1.807, 2.05) is 65.3 Å². The third-order valence-corrected chi connectivity index (χ3v) is 4.08. The van der Waals surface area contributed by atoms with Crippen LogP contribution >= 0.6 is 0 Å². The normalized spacial score (nSPS) is 10.4. The maximum absolute atomic E-state index is 12.3. The van der Waals surface area contributed by atoms with Gasteiger partial charge in [-0.1, -0.05) is 18.2 Å². The number of nitrogens with one attached hydrogen (secondary N) is 1. The summed E-state index contributed by atoms with van der Waals surface area (Å²) in [4.78, 5) is 16.9. The van der Waals surface area contributed by atoms with E-state index in [0.29, 0.717) is 16.8 Å². The Hall–Kier alpha value is -3.91. The van der Waals surface area contributed by atoms with Gasteiger partial charge < -0.3 is 9.72 Å². The lowest BCUT2D eigenvalue weighted by Crippen LogP contribution is -2.11. The zero-order valence-electron chi connectivity index (χ0n) is 13.8. The van der Waals surface area contributed by atoms with Crippen LogP contribution in [0.3, 0.4) is 0 Å². The number of nitriles is 1. The molecule has 124 valence electrons. The highest BCUT2D eigenvalue weighted by Crippen LogP contribution is 2.21. The molecule has 2 aromatic heterocycles. The van der Waals surface area contributed by atoms with Crippen molar-refractivity contribution in [3.63, 3.8) is 0 Å². The Labute approximate surface area is 150 Å². The first kappa shape index (κ1) is 15.6.